The second kappa shape index (κ2) is 6.76. The molecule has 0 saturated carbocycles. The lowest BCUT2D eigenvalue weighted by Gasteiger charge is -2.12. The number of aryl methyl sites for hydroxylation is 1. The molecule has 4 aromatic rings. The Morgan fingerprint density at radius 1 is 1.07 bits per heavy atom. The minimum Gasteiger partial charge on any atom is -0.495 e. The molecule has 2 aromatic heterocycles. The Kier molecular flexibility index (Phi) is 4.28. The number of nitrogens with zero attached hydrogens (tertiary/aromatic N) is 1. The summed E-state index contributed by atoms with van der Waals surface area (Å²) in [6.07, 6.45) is 3.80. The van der Waals surface area contributed by atoms with Gasteiger partial charge in [0, 0.05) is 35.9 Å². The summed E-state index contributed by atoms with van der Waals surface area (Å²) in [5.41, 5.74) is 3.26. The standard InChI is InChI=1S/C22H20N2O3/c1-14-8-10-24(11-9-14)15(2)22(25)23-18-13-20-17(12-21(18)26-3)16-6-4-5-7-19(16)27-20/h4-13,15H,1-3H3/p+1/t15-/m1/s1. The molecule has 0 radical (unpaired) electrons. The van der Waals surface area contributed by atoms with E-state index in [0.717, 1.165) is 21.9 Å². The molecule has 2 aromatic carbocycles. The van der Waals surface area contributed by atoms with Crippen molar-refractivity contribution >= 4 is 33.5 Å². The van der Waals surface area contributed by atoms with E-state index >= 15 is 0 Å². The van der Waals surface area contributed by atoms with Crippen LogP contribution in [0, 0.1) is 6.92 Å². The summed E-state index contributed by atoms with van der Waals surface area (Å²) in [5, 5.41) is 4.95. The van der Waals surface area contributed by atoms with Crippen molar-refractivity contribution in [1.82, 2.24) is 0 Å². The molecular formula is C22H21N2O3+. The van der Waals surface area contributed by atoms with Crippen LogP contribution in [0.25, 0.3) is 21.9 Å². The molecule has 0 aliphatic rings. The van der Waals surface area contributed by atoms with Gasteiger partial charge in [-0.1, -0.05) is 18.2 Å². The minimum absolute atomic E-state index is 0.127. The van der Waals surface area contributed by atoms with E-state index in [1.807, 2.05) is 79.3 Å². The normalized spacial score (nSPS) is 12.3. The molecule has 136 valence electrons. The number of fused-ring (bicyclic) bond motifs is 3. The SMILES string of the molecule is COc1cc2c(cc1NC(=O)[C@@H](C)[n+]1ccc(C)cc1)oc1ccccc12. The Morgan fingerprint density at radius 2 is 1.81 bits per heavy atom. The van der Waals surface area contributed by atoms with Gasteiger partial charge in [0.05, 0.1) is 12.8 Å². The van der Waals surface area contributed by atoms with E-state index in [1.165, 1.54) is 0 Å². The van der Waals surface area contributed by atoms with Crippen molar-refractivity contribution in [2.24, 2.45) is 0 Å². The van der Waals surface area contributed by atoms with Gasteiger partial charge in [-0.25, -0.2) is 0 Å². The molecule has 4 rings (SSSR count). The summed E-state index contributed by atoms with van der Waals surface area (Å²) in [5.74, 6) is 0.473. The van der Waals surface area contributed by atoms with Crippen molar-refractivity contribution < 1.29 is 18.5 Å². The van der Waals surface area contributed by atoms with Gasteiger partial charge >= 0.3 is 0 Å². The molecular weight excluding hydrogens is 340 g/mol. The van der Waals surface area contributed by atoms with Crippen molar-refractivity contribution in [1.29, 1.82) is 0 Å². The zero-order valence-corrected chi connectivity index (χ0v) is 15.5. The van der Waals surface area contributed by atoms with Crippen LogP contribution < -0.4 is 14.6 Å². The second-order valence-corrected chi connectivity index (χ2v) is 6.63. The highest BCUT2D eigenvalue weighted by atomic mass is 16.5. The molecule has 0 unspecified atom stereocenters. The van der Waals surface area contributed by atoms with E-state index in [-0.39, 0.29) is 11.9 Å². The molecule has 27 heavy (non-hydrogen) atoms. The number of benzene rings is 2. The molecule has 0 aliphatic heterocycles. The molecule has 0 bridgehead atoms. The van der Waals surface area contributed by atoms with Crippen LogP contribution in [0.15, 0.2) is 65.3 Å². The second-order valence-electron chi connectivity index (χ2n) is 6.63. The summed E-state index contributed by atoms with van der Waals surface area (Å²) in [4.78, 5) is 12.8. The van der Waals surface area contributed by atoms with Crippen LogP contribution in [-0.4, -0.2) is 13.0 Å². The molecule has 0 aliphatic carbocycles. The lowest BCUT2D eigenvalue weighted by Crippen LogP contribution is -2.44. The lowest BCUT2D eigenvalue weighted by molar-refractivity contribution is -0.705. The fourth-order valence-corrected chi connectivity index (χ4v) is 3.16. The first-order valence-electron chi connectivity index (χ1n) is 8.84. The predicted octanol–water partition coefficient (Wildman–Crippen LogP) is 4.39. The average Bonchev–Trinajstić information content (AvgIpc) is 3.04. The number of furan rings is 1. The van der Waals surface area contributed by atoms with E-state index in [9.17, 15) is 4.79 Å². The van der Waals surface area contributed by atoms with Crippen LogP contribution in [0.1, 0.15) is 18.5 Å². The summed E-state index contributed by atoms with van der Waals surface area (Å²) >= 11 is 0. The van der Waals surface area contributed by atoms with Crippen LogP contribution in [0.3, 0.4) is 0 Å². The van der Waals surface area contributed by atoms with E-state index in [4.69, 9.17) is 9.15 Å². The van der Waals surface area contributed by atoms with Crippen molar-refractivity contribution in [3.8, 4) is 5.75 Å². The average molecular weight is 361 g/mol. The molecule has 0 fully saturated rings. The topological polar surface area (TPSA) is 55.4 Å². The monoisotopic (exact) mass is 361 g/mol. The first-order chi connectivity index (χ1) is 13.1. The van der Waals surface area contributed by atoms with E-state index in [1.54, 1.807) is 7.11 Å². The number of nitrogens with one attached hydrogen (secondary N) is 1. The number of hydrogen-bond acceptors (Lipinski definition) is 3. The Bertz CT molecular complexity index is 1130. The Balaban J connectivity index is 1.69. The van der Waals surface area contributed by atoms with Gasteiger partial charge in [-0.3, -0.25) is 4.79 Å². The number of anilines is 1. The van der Waals surface area contributed by atoms with Gasteiger partial charge in [0.15, 0.2) is 12.4 Å². The maximum absolute atomic E-state index is 12.8. The maximum atomic E-state index is 12.8. The number of ether oxygens (including phenoxy) is 1. The van der Waals surface area contributed by atoms with Gasteiger partial charge in [-0.05, 0) is 24.6 Å². The molecule has 0 spiro atoms. The Hall–Kier alpha value is -3.34. The number of pyridine rings is 1. The van der Waals surface area contributed by atoms with Crippen molar-refractivity contribution in [3.63, 3.8) is 0 Å². The highest BCUT2D eigenvalue weighted by molar-refractivity contribution is 6.07. The zero-order chi connectivity index (χ0) is 19.0. The largest absolute Gasteiger partial charge is 0.495 e. The van der Waals surface area contributed by atoms with Crippen LogP contribution in [0.5, 0.6) is 5.75 Å². The van der Waals surface area contributed by atoms with Gasteiger partial charge in [0.2, 0.25) is 6.04 Å². The molecule has 1 amide bonds. The molecule has 1 N–H and O–H groups in total. The quantitative estimate of drug-likeness (QED) is 0.549. The fourth-order valence-electron chi connectivity index (χ4n) is 3.16. The number of aromatic nitrogens is 1. The number of hydrogen-bond donors (Lipinski definition) is 1. The number of carbonyl (C=O) groups excluding carboxylic acids is 1. The van der Waals surface area contributed by atoms with Crippen molar-refractivity contribution in [2.75, 3.05) is 12.4 Å². The zero-order valence-electron chi connectivity index (χ0n) is 15.5. The van der Waals surface area contributed by atoms with Gasteiger partial charge in [0.1, 0.15) is 16.9 Å². The third-order valence-electron chi connectivity index (χ3n) is 4.80. The maximum Gasteiger partial charge on any atom is 0.293 e. The minimum atomic E-state index is -0.360. The molecule has 2 heterocycles. The fraction of sp³-hybridized carbons (Fsp3) is 0.182. The van der Waals surface area contributed by atoms with E-state index < -0.39 is 0 Å². The van der Waals surface area contributed by atoms with E-state index in [0.29, 0.717) is 17.0 Å². The van der Waals surface area contributed by atoms with Gasteiger partial charge in [0.25, 0.3) is 5.91 Å². The first-order valence-corrected chi connectivity index (χ1v) is 8.84. The number of para-hydroxylation sites is 1. The third kappa shape index (κ3) is 3.12. The Labute approximate surface area is 157 Å². The highest BCUT2D eigenvalue weighted by Crippen LogP contribution is 2.36. The highest BCUT2D eigenvalue weighted by Gasteiger charge is 2.23. The van der Waals surface area contributed by atoms with Gasteiger partial charge in [-0.15, -0.1) is 0 Å². The number of rotatable bonds is 4. The summed E-state index contributed by atoms with van der Waals surface area (Å²) < 4.78 is 13.3. The third-order valence-corrected chi connectivity index (χ3v) is 4.80. The number of amides is 1. The van der Waals surface area contributed by atoms with Crippen molar-refractivity contribution in [2.45, 2.75) is 19.9 Å². The summed E-state index contributed by atoms with van der Waals surface area (Å²) in [6.45, 7) is 3.87. The van der Waals surface area contributed by atoms with Crippen LogP contribution in [-0.2, 0) is 4.79 Å². The molecule has 5 heteroatoms. The lowest BCUT2D eigenvalue weighted by atomic mass is 10.1. The molecule has 0 saturated heterocycles. The van der Waals surface area contributed by atoms with Crippen molar-refractivity contribution in [3.05, 3.63) is 66.5 Å². The smallest absolute Gasteiger partial charge is 0.293 e. The summed E-state index contributed by atoms with van der Waals surface area (Å²) in [7, 11) is 1.59. The van der Waals surface area contributed by atoms with Crippen LogP contribution in [0.4, 0.5) is 5.69 Å². The Morgan fingerprint density at radius 3 is 2.56 bits per heavy atom. The number of carbonyl (C=O) groups is 1. The van der Waals surface area contributed by atoms with Gasteiger partial charge < -0.3 is 14.5 Å². The molecule has 5 nitrogen and oxygen atoms in total. The van der Waals surface area contributed by atoms with Gasteiger partial charge in [-0.2, -0.15) is 4.57 Å². The molecule has 1 atom stereocenters. The summed E-state index contributed by atoms with van der Waals surface area (Å²) in [6, 6.07) is 15.2. The predicted molar refractivity (Wildman–Crippen MR) is 105 cm³/mol. The number of methoxy groups -OCH3 is 1. The van der Waals surface area contributed by atoms with Crippen LogP contribution >= 0.6 is 0 Å². The van der Waals surface area contributed by atoms with E-state index in [2.05, 4.69) is 5.32 Å². The first kappa shape index (κ1) is 17.1. The van der Waals surface area contributed by atoms with Crippen LogP contribution in [0.2, 0.25) is 0 Å².